The Bertz CT molecular complexity index is 361. The number of para-hydroxylation sites is 1. The number of hydrogen-bond acceptors (Lipinski definition) is 3. The Labute approximate surface area is 104 Å². The highest BCUT2D eigenvalue weighted by molar-refractivity contribution is 6.39. The summed E-state index contributed by atoms with van der Waals surface area (Å²) >= 11 is 11.9. The summed E-state index contributed by atoms with van der Waals surface area (Å²) in [5, 5.41) is 4.04. The summed E-state index contributed by atoms with van der Waals surface area (Å²) in [5.41, 5.74) is 0.636. The van der Waals surface area contributed by atoms with Crippen LogP contribution in [0, 0.1) is 0 Å². The molecule has 0 saturated carbocycles. The Balaban J connectivity index is 0.00000112. The van der Waals surface area contributed by atoms with E-state index >= 15 is 0 Å². The average Bonchev–Trinajstić information content (AvgIpc) is 2.64. The molecule has 1 N–H and O–H groups in total. The van der Waals surface area contributed by atoms with Gasteiger partial charge >= 0.3 is 0 Å². The molecule has 1 aliphatic rings. The van der Waals surface area contributed by atoms with E-state index in [1.807, 2.05) is 0 Å². The van der Waals surface area contributed by atoms with Gasteiger partial charge in [-0.1, -0.05) is 29.3 Å². The molecule has 3 nitrogen and oxygen atoms in total. The minimum atomic E-state index is 0. The number of nitrogens with one attached hydrogen (secondary N) is 1. The molecular formula is C9H9Cl3N2O. The number of benzene rings is 1. The Kier molecular flexibility index (Phi) is 4.51. The molecule has 0 atom stereocenters. The topological polar surface area (TPSA) is 33.6 Å². The predicted molar refractivity (Wildman–Crippen MR) is 65.6 cm³/mol. The zero-order chi connectivity index (χ0) is 9.97. The normalized spacial score (nSPS) is 13.9. The van der Waals surface area contributed by atoms with Crippen molar-refractivity contribution in [2.75, 3.05) is 18.5 Å². The first kappa shape index (κ1) is 12.4. The maximum absolute atomic E-state index is 5.95. The van der Waals surface area contributed by atoms with Crippen molar-refractivity contribution in [1.82, 2.24) is 0 Å². The molecule has 0 radical (unpaired) electrons. The van der Waals surface area contributed by atoms with Gasteiger partial charge in [0.25, 0.3) is 6.02 Å². The molecule has 82 valence electrons. The van der Waals surface area contributed by atoms with Gasteiger partial charge in [-0.05, 0) is 12.1 Å². The van der Waals surface area contributed by atoms with E-state index in [-0.39, 0.29) is 12.4 Å². The van der Waals surface area contributed by atoms with Crippen molar-refractivity contribution < 1.29 is 4.74 Å². The first-order valence-electron chi connectivity index (χ1n) is 4.15. The highest BCUT2D eigenvalue weighted by Crippen LogP contribution is 2.29. The van der Waals surface area contributed by atoms with Crippen molar-refractivity contribution in [3.63, 3.8) is 0 Å². The van der Waals surface area contributed by atoms with E-state index in [2.05, 4.69) is 10.3 Å². The summed E-state index contributed by atoms with van der Waals surface area (Å²) in [6.07, 6.45) is 0. The van der Waals surface area contributed by atoms with Gasteiger partial charge in [0.15, 0.2) is 0 Å². The maximum Gasteiger partial charge on any atom is 0.289 e. The second kappa shape index (κ2) is 5.45. The van der Waals surface area contributed by atoms with Gasteiger partial charge in [0.05, 0.1) is 22.3 Å². The van der Waals surface area contributed by atoms with E-state index in [0.717, 1.165) is 0 Å². The third-order valence-electron chi connectivity index (χ3n) is 1.78. The Hall–Kier alpha value is -0.640. The van der Waals surface area contributed by atoms with Crippen LogP contribution >= 0.6 is 35.6 Å². The number of rotatable bonds is 1. The van der Waals surface area contributed by atoms with Crippen molar-refractivity contribution in [3.8, 4) is 0 Å². The quantitative estimate of drug-likeness (QED) is 0.847. The molecule has 2 rings (SSSR count). The molecule has 0 aromatic heterocycles. The smallest absolute Gasteiger partial charge is 0.289 e. The number of halogens is 3. The Morgan fingerprint density at radius 1 is 1.27 bits per heavy atom. The van der Waals surface area contributed by atoms with E-state index in [1.165, 1.54) is 0 Å². The molecule has 1 aliphatic heterocycles. The predicted octanol–water partition coefficient (Wildman–Crippen LogP) is 3.21. The minimum Gasteiger partial charge on any atom is -0.463 e. The Morgan fingerprint density at radius 2 is 1.93 bits per heavy atom. The van der Waals surface area contributed by atoms with Crippen LogP contribution in [-0.2, 0) is 4.74 Å². The van der Waals surface area contributed by atoms with Crippen molar-refractivity contribution >= 4 is 47.3 Å². The van der Waals surface area contributed by atoms with Crippen molar-refractivity contribution in [2.45, 2.75) is 0 Å². The fraction of sp³-hybridized carbons (Fsp3) is 0.222. The van der Waals surface area contributed by atoms with Crippen LogP contribution in [0.25, 0.3) is 0 Å². The minimum absolute atomic E-state index is 0. The van der Waals surface area contributed by atoms with Gasteiger partial charge in [-0.3, -0.25) is 0 Å². The summed E-state index contributed by atoms with van der Waals surface area (Å²) < 4.78 is 5.19. The molecule has 1 aromatic carbocycles. The lowest BCUT2D eigenvalue weighted by molar-refractivity contribution is 0.346. The fourth-order valence-corrected chi connectivity index (χ4v) is 1.63. The molecule has 0 aliphatic carbocycles. The number of anilines is 1. The van der Waals surface area contributed by atoms with Crippen LogP contribution in [0.3, 0.4) is 0 Å². The molecular weight excluding hydrogens is 258 g/mol. The third-order valence-corrected chi connectivity index (χ3v) is 2.41. The largest absolute Gasteiger partial charge is 0.463 e. The van der Waals surface area contributed by atoms with E-state index in [0.29, 0.717) is 34.9 Å². The van der Waals surface area contributed by atoms with Gasteiger partial charge in [-0.2, -0.15) is 0 Å². The molecule has 0 bridgehead atoms. The average molecular weight is 268 g/mol. The molecule has 0 amide bonds. The molecule has 1 aromatic rings. The number of ether oxygens (including phenoxy) is 1. The SMILES string of the molecule is Cl.Clc1cccc(Cl)c1NC1=NCCO1. The molecule has 0 saturated heterocycles. The highest BCUT2D eigenvalue weighted by Gasteiger charge is 2.11. The van der Waals surface area contributed by atoms with E-state index in [4.69, 9.17) is 27.9 Å². The van der Waals surface area contributed by atoms with Crippen LogP contribution in [0.4, 0.5) is 5.69 Å². The maximum atomic E-state index is 5.95. The number of aliphatic imine (C=N–C) groups is 1. The monoisotopic (exact) mass is 266 g/mol. The van der Waals surface area contributed by atoms with Gasteiger partial charge in [0.2, 0.25) is 0 Å². The van der Waals surface area contributed by atoms with Crippen molar-refractivity contribution in [3.05, 3.63) is 28.2 Å². The summed E-state index contributed by atoms with van der Waals surface area (Å²) in [7, 11) is 0. The zero-order valence-electron chi connectivity index (χ0n) is 7.67. The number of nitrogens with zero attached hydrogens (tertiary/aromatic N) is 1. The molecule has 6 heteroatoms. The molecule has 0 spiro atoms. The highest BCUT2D eigenvalue weighted by atomic mass is 35.5. The molecule has 1 heterocycles. The van der Waals surface area contributed by atoms with Gasteiger partial charge in [0.1, 0.15) is 6.61 Å². The lowest BCUT2D eigenvalue weighted by Crippen LogP contribution is -2.12. The van der Waals surface area contributed by atoms with Crippen LogP contribution in [0.5, 0.6) is 0 Å². The second-order valence-electron chi connectivity index (χ2n) is 2.76. The van der Waals surface area contributed by atoms with E-state index < -0.39 is 0 Å². The Morgan fingerprint density at radius 3 is 2.47 bits per heavy atom. The summed E-state index contributed by atoms with van der Waals surface area (Å²) in [5.74, 6) is 0. The molecule has 15 heavy (non-hydrogen) atoms. The van der Waals surface area contributed by atoms with Crippen LogP contribution in [0.2, 0.25) is 10.0 Å². The first-order valence-corrected chi connectivity index (χ1v) is 4.91. The lowest BCUT2D eigenvalue weighted by Gasteiger charge is -2.08. The van der Waals surface area contributed by atoms with Gasteiger partial charge in [-0.25, -0.2) is 4.99 Å². The van der Waals surface area contributed by atoms with Crippen LogP contribution in [-0.4, -0.2) is 19.2 Å². The number of hydrogen-bond donors (Lipinski definition) is 1. The third kappa shape index (κ3) is 2.91. The van der Waals surface area contributed by atoms with Crippen molar-refractivity contribution in [2.24, 2.45) is 4.99 Å². The lowest BCUT2D eigenvalue weighted by atomic mass is 10.3. The first-order chi connectivity index (χ1) is 6.77. The summed E-state index contributed by atoms with van der Waals surface area (Å²) in [6.45, 7) is 1.27. The van der Waals surface area contributed by atoms with E-state index in [9.17, 15) is 0 Å². The fourth-order valence-electron chi connectivity index (χ4n) is 1.13. The molecule has 0 unspecified atom stereocenters. The van der Waals surface area contributed by atoms with Gasteiger partial charge < -0.3 is 10.1 Å². The second-order valence-corrected chi connectivity index (χ2v) is 3.57. The van der Waals surface area contributed by atoms with Crippen molar-refractivity contribution in [1.29, 1.82) is 0 Å². The number of amidine groups is 1. The molecule has 0 fully saturated rings. The van der Waals surface area contributed by atoms with Gasteiger partial charge in [0, 0.05) is 0 Å². The van der Waals surface area contributed by atoms with Crippen LogP contribution in [0.15, 0.2) is 23.2 Å². The summed E-state index contributed by atoms with van der Waals surface area (Å²) in [6, 6.07) is 5.77. The van der Waals surface area contributed by atoms with Crippen LogP contribution < -0.4 is 5.32 Å². The van der Waals surface area contributed by atoms with Crippen LogP contribution in [0.1, 0.15) is 0 Å². The zero-order valence-corrected chi connectivity index (χ0v) is 9.99. The summed E-state index contributed by atoms with van der Waals surface area (Å²) in [4.78, 5) is 4.08. The van der Waals surface area contributed by atoms with E-state index in [1.54, 1.807) is 18.2 Å². The standard InChI is InChI=1S/C9H8Cl2N2O.ClH/c10-6-2-1-3-7(11)8(6)13-9-12-4-5-14-9;/h1-3H,4-5H2,(H,12,13);1H. The van der Waals surface area contributed by atoms with Gasteiger partial charge in [-0.15, -0.1) is 12.4 Å².